The lowest BCUT2D eigenvalue weighted by atomic mass is 9.74. The van der Waals surface area contributed by atoms with E-state index in [1.54, 1.807) is 0 Å². The van der Waals surface area contributed by atoms with Gasteiger partial charge in [0, 0.05) is 19.1 Å². The normalized spacial score (nSPS) is 27.3. The van der Waals surface area contributed by atoms with Crippen LogP contribution in [0.25, 0.3) is 0 Å². The third kappa shape index (κ3) is 2.99. The molecule has 1 heterocycles. The lowest BCUT2D eigenvalue weighted by molar-refractivity contribution is -0.135. The first-order chi connectivity index (χ1) is 7.85. The van der Waals surface area contributed by atoms with E-state index in [2.05, 4.69) is 11.2 Å². The molecule has 0 aromatic heterocycles. The maximum Gasteiger partial charge on any atom is 0.0697 e. The Morgan fingerprint density at radius 1 is 1.38 bits per heavy atom. The van der Waals surface area contributed by atoms with Gasteiger partial charge in [-0.15, -0.1) is 12.3 Å². The highest BCUT2D eigenvalue weighted by atomic mass is 16.5. The van der Waals surface area contributed by atoms with Crippen LogP contribution in [-0.2, 0) is 4.74 Å². The minimum absolute atomic E-state index is 0.273. The smallest absolute Gasteiger partial charge is 0.0697 e. The average Bonchev–Trinajstić information content (AvgIpc) is 2.27. The number of terminal acetylenes is 1. The molecule has 2 nitrogen and oxygen atoms in total. The second-order valence-corrected chi connectivity index (χ2v) is 5.19. The van der Waals surface area contributed by atoms with Crippen LogP contribution in [0.4, 0.5) is 0 Å². The van der Waals surface area contributed by atoms with Crippen LogP contribution >= 0.6 is 0 Å². The summed E-state index contributed by atoms with van der Waals surface area (Å²) in [6.45, 7) is 2.06. The van der Waals surface area contributed by atoms with Crippen molar-refractivity contribution in [3.8, 4) is 12.3 Å². The molecule has 0 amide bonds. The first kappa shape index (κ1) is 12.0. The van der Waals surface area contributed by atoms with E-state index in [1.165, 1.54) is 38.5 Å². The molecule has 1 atom stereocenters. The topological polar surface area (TPSA) is 21.3 Å². The Morgan fingerprint density at radius 3 is 2.94 bits per heavy atom. The van der Waals surface area contributed by atoms with Gasteiger partial charge in [0.05, 0.1) is 5.60 Å². The molecule has 2 aliphatic rings. The van der Waals surface area contributed by atoms with Crippen molar-refractivity contribution in [2.24, 2.45) is 0 Å². The van der Waals surface area contributed by atoms with E-state index in [1.807, 2.05) is 0 Å². The van der Waals surface area contributed by atoms with E-state index in [0.717, 1.165) is 26.0 Å². The van der Waals surface area contributed by atoms with Crippen molar-refractivity contribution in [1.82, 2.24) is 5.32 Å². The molecule has 1 saturated carbocycles. The van der Waals surface area contributed by atoms with Gasteiger partial charge >= 0.3 is 0 Å². The molecule has 1 unspecified atom stereocenters. The van der Waals surface area contributed by atoms with Crippen molar-refractivity contribution in [1.29, 1.82) is 0 Å². The fourth-order valence-electron chi connectivity index (χ4n) is 2.78. The van der Waals surface area contributed by atoms with Crippen LogP contribution in [-0.4, -0.2) is 24.8 Å². The first-order valence-corrected chi connectivity index (χ1v) is 6.65. The van der Waals surface area contributed by atoms with Crippen LogP contribution < -0.4 is 5.32 Å². The summed E-state index contributed by atoms with van der Waals surface area (Å²) in [5.74, 6) is 2.69. The molecule has 1 N–H and O–H groups in total. The van der Waals surface area contributed by atoms with Crippen molar-refractivity contribution in [2.75, 3.05) is 13.2 Å². The number of hydrogen-bond donors (Lipinski definition) is 1. The molecule has 0 bridgehead atoms. The number of ether oxygens (including phenoxy) is 1. The molecule has 2 heteroatoms. The van der Waals surface area contributed by atoms with E-state index >= 15 is 0 Å². The summed E-state index contributed by atoms with van der Waals surface area (Å²) in [7, 11) is 0. The second-order valence-electron chi connectivity index (χ2n) is 5.19. The van der Waals surface area contributed by atoms with Gasteiger partial charge in [0.1, 0.15) is 0 Å². The van der Waals surface area contributed by atoms with Gasteiger partial charge < -0.3 is 10.1 Å². The highest BCUT2D eigenvalue weighted by molar-refractivity contribution is 4.96. The van der Waals surface area contributed by atoms with Crippen LogP contribution in [0, 0.1) is 12.3 Å². The Morgan fingerprint density at radius 2 is 2.25 bits per heavy atom. The monoisotopic (exact) mass is 221 g/mol. The summed E-state index contributed by atoms with van der Waals surface area (Å²) in [6.07, 6.45) is 14.8. The Bertz CT molecular complexity index is 252. The number of rotatable bonds is 5. The van der Waals surface area contributed by atoms with Gasteiger partial charge in [-0.2, -0.15) is 0 Å². The molecule has 0 aromatic rings. The molecule has 0 radical (unpaired) electrons. The lowest BCUT2D eigenvalue weighted by Crippen LogP contribution is -2.51. The van der Waals surface area contributed by atoms with Crippen molar-refractivity contribution in [3.05, 3.63) is 0 Å². The Balaban J connectivity index is 1.60. The molecule has 16 heavy (non-hydrogen) atoms. The standard InChI is InChI=1S/C14H23NO/c1-2-3-4-5-10-15-13-7-11-16-14(12-13)8-6-9-14/h1,13,15H,3-12H2. The Labute approximate surface area is 99.1 Å². The Hall–Kier alpha value is -0.520. The fraction of sp³-hybridized carbons (Fsp3) is 0.857. The molecule has 1 aliphatic carbocycles. The molecular formula is C14H23NO. The highest BCUT2D eigenvalue weighted by Crippen LogP contribution is 2.42. The quantitative estimate of drug-likeness (QED) is 0.569. The lowest BCUT2D eigenvalue weighted by Gasteiger charge is -2.47. The molecule has 90 valence electrons. The predicted molar refractivity (Wildman–Crippen MR) is 66.2 cm³/mol. The Kier molecular flexibility index (Phi) is 4.26. The number of nitrogens with one attached hydrogen (secondary N) is 1. The summed E-state index contributed by atoms with van der Waals surface area (Å²) in [4.78, 5) is 0. The molecule has 2 rings (SSSR count). The van der Waals surface area contributed by atoms with Crippen molar-refractivity contribution >= 4 is 0 Å². The van der Waals surface area contributed by atoms with Crippen molar-refractivity contribution in [2.45, 2.75) is 63.0 Å². The van der Waals surface area contributed by atoms with E-state index in [9.17, 15) is 0 Å². The maximum absolute atomic E-state index is 5.91. The van der Waals surface area contributed by atoms with Gasteiger partial charge in [-0.3, -0.25) is 0 Å². The van der Waals surface area contributed by atoms with Gasteiger partial charge in [-0.05, 0) is 51.5 Å². The highest BCUT2D eigenvalue weighted by Gasteiger charge is 2.42. The zero-order chi connectivity index (χ0) is 11.3. The van der Waals surface area contributed by atoms with Crippen LogP contribution in [0.3, 0.4) is 0 Å². The largest absolute Gasteiger partial charge is 0.375 e. The SMILES string of the molecule is C#CCCCCNC1CCOC2(CCC2)C1. The molecular weight excluding hydrogens is 198 g/mol. The zero-order valence-corrected chi connectivity index (χ0v) is 10.1. The molecule has 1 aliphatic heterocycles. The number of unbranched alkanes of at least 4 members (excludes halogenated alkanes) is 2. The van der Waals surface area contributed by atoms with E-state index in [-0.39, 0.29) is 5.60 Å². The summed E-state index contributed by atoms with van der Waals surface area (Å²) in [5.41, 5.74) is 0.273. The summed E-state index contributed by atoms with van der Waals surface area (Å²) >= 11 is 0. The van der Waals surface area contributed by atoms with Crippen LogP contribution in [0.5, 0.6) is 0 Å². The van der Waals surface area contributed by atoms with E-state index < -0.39 is 0 Å². The van der Waals surface area contributed by atoms with Gasteiger partial charge in [-0.25, -0.2) is 0 Å². The first-order valence-electron chi connectivity index (χ1n) is 6.65. The summed E-state index contributed by atoms with van der Waals surface area (Å²) in [5, 5.41) is 3.66. The average molecular weight is 221 g/mol. The molecule has 0 aromatic carbocycles. The van der Waals surface area contributed by atoms with Gasteiger partial charge in [0.2, 0.25) is 0 Å². The molecule has 1 spiro atoms. The van der Waals surface area contributed by atoms with Gasteiger partial charge in [-0.1, -0.05) is 0 Å². The summed E-state index contributed by atoms with van der Waals surface area (Å²) in [6, 6.07) is 0.680. The van der Waals surface area contributed by atoms with Gasteiger partial charge in [0.25, 0.3) is 0 Å². The zero-order valence-electron chi connectivity index (χ0n) is 10.1. The second kappa shape index (κ2) is 5.70. The number of hydrogen-bond acceptors (Lipinski definition) is 2. The van der Waals surface area contributed by atoms with E-state index in [0.29, 0.717) is 6.04 Å². The van der Waals surface area contributed by atoms with Crippen LogP contribution in [0.2, 0.25) is 0 Å². The fourth-order valence-corrected chi connectivity index (χ4v) is 2.78. The van der Waals surface area contributed by atoms with Gasteiger partial charge in [0.15, 0.2) is 0 Å². The minimum Gasteiger partial charge on any atom is -0.375 e. The van der Waals surface area contributed by atoms with Crippen molar-refractivity contribution in [3.63, 3.8) is 0 Å². The van der Waals surface area contributed by atoms with Crippen molar-refractivity contribution < 1.29 is 4.74 Å². The minimum atomic E-state index is 0.273. The van der Waals surface area contributed by atoms with E-state index in [4.69, 9.17) is 11.2 Å². The molecule has 2 fully saturated rings. The third-order valence-electron chi connectivity index (χ3n) is 3.94. The summed E-state index contributed by atoms with van der Waals surface area (Å²) < 4.78 is 5.91. The van der Waals surface area contributed by atoms with Crippen LogP contribution in [0.15, 0.2) is 0 Å². The maximum atomic E-state index is 5.91. The van der Waals surface area contributed by atoms with Crippen LogP contribution in [0.1, 0.15) is 51.4 Å². The predicted octanol–water partition coefficient (Wildman–Crippen LogP) is 2.48. The molecule has 1 saturated heterocycles. The third-order valence-corrected chi connectivity index (χ3v) is 3.94.